The molecule has 0 amide bonds. The van der Waals surface area contributed by atoms with E-state index in [1.165, 1.54) is 73.3 Å². The van der Waals surface area contributed by atoms with Gasteiger partial charge in [-0.25, -0.2) is 28.7 Å². The second-order valence-electron chi connectivity index (χ2n) is 14.0. The Labute approximate surface area is 428 Å². The fourth-order valence-corrected chi connectivity index (χ4v) is 7.22. The molecule has 0 bridgehead atoms. The maximum absolute atomic E-state index is 14.5. The highest BCUT2D eigenvalue weighted by atomic mass is 35.5. The number of aromatic hydroxyl groups is 2. The zero-order valence-electron chi connectivity index (χ0n) is 37.0. The maximum atomic E-state index is 14.5. The van der Waals surface area contributed by atoms with E-state index in [1.54, 1.807) is 12.1 Å². The average molecular weight is 1130 g/mol. The van der Waals surface area contributed by atoms with E-state index in [0.29, 0.717) is 21.8 Å². The number of nitrogens with zero attached hydrogens (tertiary/aromatic N) is 4. The highest BCUT2D eigenvalue weighted by Gasteiger charge is 2.19. The lowest BCUT2D eigenvalue weighted by Gasteiger charge is -2.16. The normalized spacial score (nSPS) is 11.4. The zero-order chi connectivity index (χ0) is 53.4. The fourth-order valence-electron chi connectivity index (χ4n) is 5.70. The summed E-state index contributed by atoms with van der Waals surface area (Å²) in [6.45, 7) is -9.39. The first kappa shape index (κ1) is 57.9. The summed E-state index contributed by atoms with van der Waals surface area (Å²) < 4.78 is 151. The fraction of sp³-hybridized carbons (Fsp3) is 0.227. The smallest absolute Gasteiger partial charge is 0.345 e. The molecule has 2 heterocycles. The molecule has 0 saturated carbocycles. The van der Waals surface area contributed by atoms with Gasteiger partial charge in [0.05, 0.1) is 73.8 Å². The predicted octanol–water partition coefficient (Wildman–Crippen LogP) is 12.2. The number of ether oxygens (including phenoxy) is 5. The van der Waals surface area contributed by atoms with Crippen LogP contribution in [0.4, 0.5) is 58.1 Å². The summed E-state index contributed by atoms with van der Waals surface area (Å²) in [6, 6.07) is 17.0. The number of rotatable bonds is 20. The van der Waals surface area contributed by atoms with E-state index in [0.717, 1.165) is 5.56 Å². The van der Waals surface area contributed by atoms with Crippen LogP contribution < -0.4 is 20.1 Å². The van der Waals surface area contributed by atoms with Crippen molar-refractivity contribution in [3.8, 4) is 23.0 Å². The van der Waals surface area contributed by atoms with E-state index < -0.39 is 68.0 Å². The number of aromatic nitrogens is 4. The lowest BCUT2D eigenvalue weighted by atomic mass is 10.2. The molecule has 0 radical (unpaired) electrons. The Bertz CT molecular complexity index is 3090. The van der Waals surface area contributed by atoms with Crippen molar-refractivity contribution in [3.05, 3.63) is 123 Å². The molecule has 2 aromatic heterocycles. The minimum atomic E-state index is -3.90. The number of aryl methyl sites for hydroxylation is 1. The Balaban J connectivity index is 0.000000218. The van der Waals surface area contributed by atoms with Gasteiger partial charge in [0, 0.05) is 22.9 Å². The number of phenols is 2. The summed E-state index contributed by atoms with van der Waals surface area (Å²) in [5.74, 6) is -1.63. The van der Waals surface area contributed by atoms with Gasteiger partial charge >= 0.3 is 19.8 Å². The van der Waals surface area contributed by atoms with Gasteiger partial charge in [0.2, 0.25) is 0 Å². The van der Waals surface area contributed by atoms with Crippen LogP contribution in [-0.4, -0.2) is 98.0 Å². The van der Waals surface area contributed by atoms with Crippen LogP contribution in [0.1, 0.15) is 5.56 Å². The SMILES string of the molecule is Cc1ccc(S(=O)(=O)OCCOC(F)F)cc1.Fc1c(Nc2ncnc3cc(OCCOC(F)F)c(OCCOC(F)F)cc23)ccc(Cl)c1Cl.Oc1cc2ncnc(Nc3ccc(Cl)c(Cl)c3F)c2cc1O. The number of alkyl halides is 6. The summed E-state index contributed by atoms with van der Waals surface area (Å²) in [7, 11) is -3.90. The molecule has 16 nitrogen and oxygen atoms in total. The van der Waals surface area contributed by atoms with Crippen molar-refractivity contribution in [1.29, 1.82) is 0 Å². The topological polar surface area (TPSA) is 206 Å². The van der Waals surface area contributed by atoms with E-state index in [1.807, 2.05) is 6.92 Å². The van der Waals surface area contributed by atoms with Crippen LogP contribution >= 0.6 is 46.4 Å². The van der Waals surface area contributed by atoms with Crippen molar-refractivity contribution in [2.75, 3.05) is 50.3 Å². The van der Waals surface area contributed by atoms with E-state index in [-0.39, 0.29) is 84.2 Å². The predicted molar refractivity (Wildman–Crippen MR) is 253 cm³/mol. The van der Waals surface area contributed by atoms with Gasteiger partial charge in [-0.1, -0.05) is 64.1 Å². The molecule has 73 heavy (non-hydrogen) atoms. The number of hydrogen-bond acceptors (Lipinski definition) is 16. The molecule has 0 spiro atoms. The van der Waals surface area contributed by atoms with Crippen molar-refractivity contribution in [2.24, 2.45) is 0 Å². The highest BCUT2D eigenvalue weighted by molar-refractivity contribution is 7.86. The third-order valence-corrected chi connectivity index (χ3v) is 11.9. The molecular weight excluding hydrogens is 1100 g/mol. The van der Waals surface area contributed by atoms with Gasteiger partial charge in [-0.15, -0.1) is 0 Å². The van der Waals surface area contributed by atoms with Crippen molar-refractivity contribution in [1.82, 2.24) is 19.9 Å². The third-order valence-electron chi connectivity index (χ3n) is 9.05. The minimum Gasteiger partial charge on any atom is -0.504 e. The Morgan fingerprint density at radius 3 is 1.47 bits per heavy atom. The highest BCUT2D eigenvalue weighted by Crippen LogP contribution is 2.38. The van der Waals surface area contributed by atoms with Crippen molar-refractivity contribution >= 4 is 101 Å². The third kappa shape index (κ3) is 17.0. The van der Waals surface area contributed by atoms with Gasteiger partial charge in [-0.3, -0.25) is 4.18 Å². The van der Waals surface area contributed by atoms with Gasteiger partial charge in [0.15, 0.2) is 34.6 Å². The van der Waals surface area contributed by atoms with Gasteiger partial charge in [-0.05, 0) is 55.5 Å². The van der Waals surface area contributed by atoms with Crippen molar-refractivity contribution in [2.45, 2.75) is 31.7 Å². The van der Waals surface area contributed by atoms with E-state index >= 15 is 0 Å². The Morgan fingerprint density at radius 2 is 0.986 bits per heavy atom. The second kappa shape index (κ2) is 27.3. The molecule has 0 saturated heterocycles. The van der Waals surface area contributed by atoms with Gasteiger partial charge in [0.25, 0.3) is 10.1 Å². The Hall–Kier alpha value is -6.03. The van der Waals surface area contributed by atoms with Gasteiger partial charge in [0.1, 0.15) is 37.5 Å². The molecule has 0 aliphatic heterocycles. The standard InChI is InChI=1S/C20H16Cl2F5N3O4.C14H8Cl2FN3O2.C10H12F2O4S/c21-11-1-2-12(17(23)16(11)22)30-18-10-7-14(31-3-5-33-19(24)25)15(8-13(10)28-9-29-18)32-4-6-34-20(26)27;15-7-1-2-8(13(17)12(7)16)20-14-6-3-10(21)11(22)4-9(6)18-5-19-14;1-8-2-4-9(5-3-8)17(13,14)16-7-6-15-10(11)12/h1-2,7-9,19-20H,3-6H2,(H,28,29,30);1-5,21-22H,(H,18,19,20);2-5,10H,6-7H2,1H3. The molecule has 392 valence electrons. The van der Waals surface area contributed by atoms with Crippen LogP contribution in [0.25, 0.3) is 21.8 Å². The lowest BCUT2D eigenvalue weighted by Crippen LogP contribution is -2.13. The summed E-state index contributed by atoms with van der Waals surface area (Å²) >= 11 is 23.2. The van der Waals surface area contributed by atoms with Crippen molar-refractivity contribution < 1.29 is 81.6 Å². The molecular formula is C44H36Cl4F8N6O10S. The molecule has 0 atom stereocenters. The van der Waals surface area contributed by atoms with Crippen molar-refractivity contribution in [3.63, 3.8) is 0 Å². The van der Waals surface area contributed by atoms with Gasteiger partial charge < -0.3 is 44.5 Å². The maximum Gasteiger partial charge on any atom is 0.345 e. The van der Waals surface area contributed by atoms with E-state index in [4.69, 9.17) is 55.9 Å². The second-order valence-corrected chi connectivity index (χ2v) is 17.2. The van der Waals surface area contributed by atoms with Crippen LogP contribution in [0, 0.1) is 18.6 Å². The number of anilines is 4. The average Bonchev–Trinajstić information content (AvgIpc) is 3.34. The molecule has 4 N–H and O–H groups in total. The Morgan fingerprint density at radius 1 is 0.562 bits per heavy atom. The van der Waals surface area contributed by atoms with E-state index in [9.17, 15) is 53.8 Å². The van der Waals surface area contributed by atoms with Crippen LogP contribution in [0.5, 0.6) is 23.0 Å². The number of phenolic OH excluding ortho intramolecular Hbond substituents is 2. The lowest BCUT2D eigenvalue weighted by molar-refractivity contribution is -0.134. The quantitative estimate of drug-likeness (QED) is 0.0184. The monoisotopic (exact) mass is 1130 g/mol. The molecule has 7 aromatic rings. The molecule has 5 aromatic carbocycles. The zero-order valence-corrected chi connectivity index (χ0v) is 40.8. The summed E-state index contributed by atoms with van der Waals surface area (Å²) in [5, 5.41) is 25.0. The molecule has 7 rings (SSSR count). The Kier molecular flexibility index (Phi) is 21.7. The molecule has 0 unspecified atom stereocenters. The molecule has 0 aliphatic carbocycles. The summed E-state index contributed by atoms with van der Waals surface area (Å²) in [6.07, 6.45) is 2.44. The first-order chi connectivity index (χ1) is 34.6. The van der Waals surface area contributed by atoms with E-state index in [2.05, 4.69) is 49.0 Å². The minimum absolute atomic E-state index is 0.0138. The van der Waals surface area contributed by atoms with Crippen LogP contribution in [-0.2, 0) is 28.5 Å². The first-order valence-electron chi connectivity index (χ1n) is 20.3. The number of fused-ring (bicyclic) bond motifs is 2. The number of nitrogens with one attached hydrogen (secondary N) is 2. The number of benzene rings is 5. The van der Waals surface area contributed by atoms with Crippen LogP contribution in [0.2, 0.25) is 20.1 Å². The molecule has 29 heteroatoms. The van der Waals surface area contributed by atoms with Crippen LogP contribution in [0.3, 0.4) is 0 Å². The number of hydrogen-bond donors (Lipinski definition) is 4. The van der Waals surface area contributed by atoms with Crippen LogP contribution in [0.15, 0.2) is 90.3 Å². The summed E-state index contributed by atoms with van der Waals surface area (Å²) in [4.78, 5) is 16.2. The number of halogens is 12. The first-order valence-corrected chi connectivity index (χ1v) is 23.2. The largest absolute Gasteiger partial charge is 0.504 e. The molecule has 0 fully saturated rings. The summed E-state index contributed by atoms with van der Waals surface area (Å²) in [5.41, 5.74) is 1.66. The van der Waals surface area contributed by atoms with Gasteiger partial charge in [-0.2, -0.15) is 34.8 Å². The molecule has 0 aliphatic rings.